The van der Waals surface area contributed by atoms with E-state index in [1.54, 1.807) is 7.11 Å². The van der Waals surface area contributed by atoms with Crippen LogP contribution in [0.15, 0.2) is 36.4 Å². The maximum atomic E-state index is 14.4. The summed E-state index contributed by atoms with van der Waals surface area (Å²) in [5, 5.41) is 8.93. The van der Waals surface area contributed by atoms with Gasteiger partial charge in [0.1, 0.15) is 17.9 Å². The molecule has 1 N–H and O–H groups in total. The van der Waals surface area contributed by atoms with Crippen molar-refractivity contribution >= 4 is 11.8 Å². The SMILES string of the molecule is COCCOCCOCCOc1ccc(F)c(F)c1C(=O)c1ccc(C(=O)O)cc1. The van der Waals surface area contributed by atoms with Gasteiger partial charge in [0.15, 0.2) is 17.4 Å². The maximum absolute atomic E-state index is 14.4. The molecule has 2 aromatic carbocycles. The Morgan fingerprint density at radius 3 is 2.00 bits per heavy atom. The van der Waals surface area contributed by atoms with Gasteiger partial charge >= 0.3 is 5.97 Å². The van der Waals surface area contributed by atoms with Crippen LogP contribution >= 0.6 is 0 Å². The lowest BCUT2D eigenvalue weighted by Crippen LogP contribution is -2.15. The molecule has 0 saturated carbocycles. The first-order valence-corrected chi connectivity index (χ1v) is 9.09. The second-order valence-electron chi connectivity index (χ2n) is 6.01. The number of hydrogen-bond acceptors (Lipinski definition) is 6. The van der Waals surface area contributed by atoms with Crippen LogP contribution < -0.4 is 4.74 Å². The van der Waals surface area contributed by atoms with Crippen molar-refractivity contribution in [2.24, 2.45) is 0 Å². The molecule has 0 bridgehead atoms. The van der Waals surface area contributed by atoms with Crippen molar-refractivity contribution in [3.05, 3.63) is 64.7 Å². The monoisotopic (exact) mass is 424 g/mol. The van der Waals surface area contributed by atoms with Gasteiger partial charge in [0.2, 0.25) is 0 Å². The number of hydrogen-bond donors (Lipinski definition) is 1. The number of halogens is 2. The summed E-state index contributed by atoms with van der Waals surface area (Å²) in [4.78, 5) is 23.6. The van der Waals surface area contributed by atoms with Gasteiger partial charge in [-0.05, 0) is 24.3 Å². The molecule has 0 atom stereocenters. The number of ketones is 1. The minimum absolute atomic E-state index is 0.00110. The van der Waals surface area contributed by atoms with Gasteiger partial charge in [0.25, 0.3) is 0 Å². The van der Waals surface area contributed by atoms with E-state index in [0.717, 1.165) is 12.1 Å². The Morgan fingerprint density at radius 1 is 0.833 bits per heavy atom. The fourth-order valence-electron chi connectivity index (χ4n) is 2.45. The van der Waals surface area contributed by atoms with Gasteiger partial charge in [-0.3, -0.25) is 4.79 Å². The fraction of sp³-hybridized carbons (Fsp3) is 0.333. The van der Waals surface area contributed by atoms with E-state index >= 15 is 0 Å². The molecule has 2 rings (SSSR count). The zero-order valence-corrected chi connectivity index (χ0v) is 16.4. The quantitative estimate of drug-likeness (QED) is 0.390. The van der Waals surface area contributed by atoms with Crippen LogP contribution in [0.3, 0.4) is 0 Å². The molecule has 30 heavy (non-hydrogen) atoms. The largest absolute Gasteiger partial charge is 0.490 e. The molecule has 0 fully saturated rings. The highest BCUT2D eigenvalue weighted by Gasteiger charge is 2.23. The average molecular weight is 424 g/mol. The van der Waals surface area contributed by atoms with Gasteiger partial charge < -0.3 is 24.1 Å². The Morgan fingerprint density at radius 2 is 1.40 bits per heavy atom. The summed E-state index contributed by atoms with van der Waals surface area (Å²) in [6.45, 7) is 1.76. The van der Waals surface area contributed by atoms with Crippen molar-refractivity contribution in [2.75, 3.05) is 46.8 Å². The summed E-state index contributed by atoms with van der Waals surface area (Å²) in [5.41, 5.74) is -0.606. The second-order valence-corrected chi connectivity index (χ2v) is 6.01. The molecule has 0 spiro atoms. The molecule has 0 amide bonds. The fourth-order valence-corrected chi connectivity index (χ4v) is 2.45. The van der Waals surface area contributed by atoms with Crippen molar-refractivity contribution < 1.29 is 42.4 Å². The van der Waals surface area contributed by atoms with Gasteiger partial charge in [0.05, 0.1) is 38.6 Å². The van der Waals surface area contributed by atoms with Crippen LogP contribution in [0.5, 0.6) is 5.75 Å². The molecule has 0 unspecified atom stereocenters. The Hall–Kier alpha value is -2.88. The van der Waals surface area contributed by atoms with Gasteiger partial charge in [0, 0.05) is 12.7 Å². The zero-order chi connectivity index (χ0) is 21.9. The van der Waals surface area contributed by atoms with Crippen molar-refractivity contribution in [3.63, 3.8) is 0 Å². The van der Waals surface area contributed by atoms with Crippen molar-refractivity contribution in [3.8, 4) is 5.75 Å². The van der Waals surface area contributed by atoms with Crippen LogP contribution in [0.2, 0.25) is 0 Å². The number of benzene rings is 2. The number of aromatic carboxylic acids is 1. The predicted molar refractivity (Wildman–Crippen MR) is 102 cm³/mol. The van der Waals surface area contributed by atoms with Crippen molar-refractivity contribution in [1.29, 1.82) is 0 Å². The summed E-state index contributed by atoms with van der Waals surface area (Å²) < 4.78 is 48.9. The van der Waals surface area contributed by atoms with Crippen LogP contribution in [-0.4, -0.2) is 63.6 Å². The second kappa shape index (κ2) is 12.0. The Labute approximate surface area is 172 Å². The van der Waals surface area contributed by atoms with E-state index in [-0.39, 0.29) is 30.1 Å². The molecular weight excluding hydrogens is 402 g/mol. The minimum Gasteiger partial charge on any atom is -0.490 e. The number of rotatable bonds is 13. The molecule has 0 aliphatic carbocycles. The number of carbonyl (C=O) groups excluding carboxylic acids is 1. The van der Waals surface area contributed by atoms with Crippen LogP contribution in [-0.2, 0) is 14.2 Å². The highest BCUT2D eigenvalue weighted by atomic mass is 19.2. The van der Waals surface area contributed by atoms with Crippen LogP contribution in [0.25, 0.3) is 0 Å². The number of carboxylic acid groups (broad SMARTS) is 1. The number of methoxy groups -OCH3 is 1. The number of carboxylic acids is 1. The maximum Gasteiger partial charge on any atom is 0.335 e. The lowest BCUT2D eigenvalue weighted by molar-refractivity contribution is 0.0179. The predicted octanol–water partition coefficient (Wildman–Crippen LogP) is 2.95. The van der Waals surface area contributed by atoms with Crippen molar-refractivity contribution in [2.45, 2.75) is 0 Å². The van der Waals surface area contributed by atoms with Crippen LogP contribution in [0.1, 0.15) is 26.3 Å². The number of carbonyl (C=O) groups is 2. The van der Waals surface area contributed by atoms with Gasteiger partial charge in [-0.25, -0.2) is 13.6 Å². The highest BCUT2D eigenvalue weighted by Crippen LogP contribution is 2.27. The summed E-state index contributed by atoms with van der Waals surface area (Å²) in [6.07, 6.45) is 0. The molecule has 0 saturated heterocycles. The Bertz CT molecular complexity index is 853. The van der Waals surface area contributed by atoms with Crippen molar-refractivity contribution in [1.82, 2.24) is 0 Å². The highest BCUT2D eigenvalue weighted by molar-refractivity contribution is 6.11. The molecular formula is C21H22F2O7. The van der Waals surface area contributed by atoms with E-state index < -0.39 is 29.0 Å². The third-order valence-corrected chi connectivity index (χ3v) is 3.97. The smallest absolute Gasteiger partial charge is 0.335 e. The molecule has 0 heterocycles. The third kappa shape index (κ3) is 6.58. The first kappa shape index (κ1) is 23.4. The summed E-state index contributed by atoms with van der Waals surface area (Å²) in [7, 11) is 1.57. The lowest BCUT2D eigenvalue weighted by Gasteiger charge is -2.13. The van der Waals surface area contributed by atoms with Gasteiger partial charge in [-0.2, -0.15) is 0 Å². The molecule has 0 aliphatic rings. The molecule has 7 nitrogen and oxygen atoms in total. The van der Waals surface area contributed by atoms with Gasteiger partial charge in [-0.1, -0.05) is 12.1 Å². The van der Waals surface area contributed by atoms with E-state index in [4.69, 9.17) is 24.1 Å². The molecule has 0 radical (unpaired) electrons. The third-order valence-electron chi connectivity index (χ3n) is 3.97. The summed E-state index contributed by atoms with van der Waals surface area (Å²) >= 11 is 0. The summed E-state index contributed by atoms with van der Waals surface area (Å²) in [5.74, 6) is -4.67. The average Bonchev–Trinajstić information content (AvgIpc) is 2.74. The molecule has 0 aliphatic heterocycles. The summed E-state index contributed by atoms with van der Waals surface area (Å²) in [6, 6.07) is 6.88. The molecule has 9 heteroatoms. The topological polar surface area (TPSA) is 91.3 Å². The molecule has 0 aromatic heterocycles. The van der Waals surface area contributed by atoms with E-state index in [9.17, 15) is 18.4 Å². The lowest BCUT2D eigenvalue weighted by atomic mass is 10.0. The standard InChI is InChI=1S/C21H22F2O7/c1-27-8-9-28-10-11-29-12-13-30-17-7-6-16(22)19(23)18(17)20(24)14-2-4-15(5-3-14)21(25)26/h2-7H,8-13H2,1H3,(H,25,26). The first-order chi connectivity index (χ1) is 14.5. The van der Waals surface area contributed by atoms with E-state index in [1.165, 1.54) is 24.3 Å². The Kier molecular flexibility index (Phi) is 9.33. The van der Waals surface area contributed by atoms with E-state index in [2.05, 4.69) is 0 Å². The normalized spacial score (nSPS) is 10.8. The molecule has 2 aromatic rings. The van der Waals surface area contributed by atoms with Crippen LogP contribution in [0.4, 0.5) is 8.78 Å². The van der Waals surface area contributed by atoms with Gasteiger partial charge in [-0.15, -0.1) is 0 Å². The zero-order valence-electron chi connectivity index (χ0n) is 16.4. The van der Waals surface area contributed by atoms with Crippen LogP contribution in [0, 0.1) is 11.6 Å². The molecule has 162 valence electrons. The minimum atomic E-state index is -1.34. The number of ether oxygens (including phenoxy) is 4. The van der Waals surface area contributed by atoms with E-state index in [1.807, 2.05) is 0 Å². The Balaban J connectivity index is 1.99. The first-order valence-electron chi connectivity index (χ1n) is 9.09. The van der Waals surface area contributed by atoms with E-state index in [0.29, 0.717) is 26.4 Å².